The fourth-order valence-corrected chi connectivity index (χ4v) is 1.21. The van der Waals surface area contributed by atoms with Gasteiger partial charge in [0.05, 0.1) is 0 Å². The highest BCUT2D eigenvalue weighted by molar-refractivity contribution is 6.30. The summed E-state index contributed by atoms with van der Waals surface area (Å²) >= 11 is 5.56. The summed E-state index contributed by atoms with van der Waals surface area (Å²) in [5.74, 6) is -3.55. The third kappa shape index (κ3) is 2.41. The van der Waals surface area contributed by atoms with Crippen LogP contribution < -0.4 is 0 Å². The number of hydrogen-bond donors (Lipinski definition) is 2. The minimum absolute atomic E-state index is 0.0171. The van der Waals surface area contributed by atoms with Gasteiger partial charge in [-0.15, -0.1) is 0 Å². The van der Waals surface area contributed by atoms with Crippen LogP contribution in [-0.4, -0.2) is 22.7 Å². The van der Waals surface area contributed by atoms with E-state index in [1.165, 1.54) is 24.3 Å². The molecule has 0 radical (unpaired) electrons. The van der Waals surface area contributed by atoms with Gasteiger partial charge in [-0.1, -0.05) is 23.7 Å². The fourth-order valence-electron chi connectivity index (χ4n) is 1.01. The Morgan fingerprint density at radius 2 is 2.07 bits per heavy atom. The second kappa shape index (κ2) is 4.21. The molecule has 0 aliphatic carbocycles. The van der Waals surface area contributed by atoms with Crippen LogP contribution in [0.3, 0.4) is 0 Å². The summed E-state index contributed by atoms with van der Waals surface area (Å²) in [6.45, 7) is -1.40. The van der Waals surface area contributed by atoms with Gasteiger partial charge in [-0.2, -0.15) is 0 Å². The molecule has 5 heteroatoms. The van der Waals surface area contributed by atoms with Crippen molar-refractivity contribution in [2.24, 2.45) is 0 Å². The second-order valence-electron chi connectivity index (χ2n) is 2.88. The highest BCUT2D eigenvalue weighted by Gasteiger charge is 2.38. The lowest BCUT2D eigenvalue weighted by Gasteiger charge is -2.20. The van der Waals surface area contributed by atoms with Crippen LogP contribution in [0, 0.1) is 0 Å². The Labute approximate surface area is 84.7 Å². The van der Waals surface area contributed by atoms with Gasteiger partial charge in [-0.3, -0.25) is 0 Å². The molecule has 0 aliphatic heterocycles. The Morgan fingerprint density at radius 1 is 1.43 bits per heavy atom. The van der Waals surface area contributed by atoms with E-state index < -0.39 is 18.6 Å². The molecule has 0 amide bonds. The lowest BCUT2D eigenvalue weighted by atomic mass is 10.0. The molecule has 14 heavy (non-hydrogen) atoms. The van der Waals surface area contributed by atoms with Crippen LogP contribution in [0.15, 0.2) is 24.3 Å². The van der Waals surface area contributed by atoms with Crippen molar-refractivity contribution >= 4 is 11.6 Å². The van der Waals surface area contributed by atoms with Gasteiger partial charge in [0, 0.05) is 5.02 Å². The molecule has 0 bridgehead atoms. The summed E-state index contributed by atoms with van der Waals surface area (Å²) in [7, 11) is 0. The SMILES string of the molecule is OCC(F)(F)C(O)c1cccc(Cl)c1. The third-order valence-corrected chi connectivity index (χ3v) is 2.01. The van der Waals surface area contributed by atoms with Gasteiger partial charge in [0.25, 0.3) is 5.92 Å². The topological polar surface area (TPSA) is 40.5 Å². The molecule has 78 valence electrons. The molecule has 0 fully saturated rings. The van der Waals surface area contributed by atoms with E-state index in [4.69, 9.17) is 16.7 Å². The van der Waals surface area contributed by atoms with E-state index in [9.17, 15) is 13.9 Å². The van der Waals surface area contributed by atoms with E-state index in [0.29, 0.717) is 0 Å². The Morgan fingerprint density at radius 3 is 2.57 bits per heavy atom. The minimum Gasteiger partial charge on any atom is -0.390 e. The smallest absolute Gasteiger partial charge is 0.300 e. The molecule has 0 spiro atoms. The highest BCUT2D eigenvalue weighted by atomic mass is 35.5. The Bertz CT molecular complexity index is 317. The van der Waals surface area contributed by atoms with E-state index in [2.05, 4.69) is 0 Å². The average molecular weight is 223 g/mol. The van der Waals surface area contributed by atoms with Crippen molar-refractivity contribution in [2.45, 2.75) is 12.0 Å². The molecular weight excluding hydrogens is 214 g/mol. The summed E-state index contributed by atoms with van der Waals surface area (Å²) in [6, 6.07) is 5.51. The summed E-state index contributed by atoms with van der Waals surface area (Å²) in [6.07, 6.45) is -2.04. The van der Waals surface area contributed by atoms with Crippen LogP contribution in [0.4, 0.5) is 8.78 Å². The zero-order chi connectivity index (χ0) is 10.8. The maximum Gasteiger partial charge on any atom is 0.300 e. The molecule has 0 saturated carbocycles. The number of rotatable bonds is 3. The van der Waals surface area contributed by atoms with E-state index in [1.54, 1.807) is 0 Å². The van der Waals surface area contributed by atoms with E-state index in [0.717, 1.165) is 0 Å². The minimum atomic E-state index is -3.55. The zero-order valence-corrected chi connectivity index (χ0v) is 7.88. The van der Waals surface area contributed by atoms with Gasteiger partial charge in [0.15, 0.2) is 0 Å². The van der Waals surface area contributed by atoms with Gasteiger partial charge in [0.1, 0.15) is 12.7 Å². The first-order valence-electron chi connectivity index (χ1n) is 3.89. The van der Waals surface area contributed by atoms with E-state index in [-0.39, 0.29) is 10.6 Å². The largest absolute Gasteiger partial charge is 0.390 e. The maximum atomic E-state index is 12.8. The van der Waals surface area contributed by atoms with Crippen LogP contribution in [0.2, 0.25) is 5.02 Å². The van der Waals surface area contributed by atoms with Crippen molar-refractivity contribution in [1.82, 2.24) is 0 Å². The first-order chi connectivity index (χ1) is 6.47. The lowest BCUT2D eigenvalue weighted by Crippen LogP contribution is -2.30. The standard InChI is InChI=1S/C9H9ClF2O2/c10-7-3-1-2-6(4-7)8(14)9(11,12)5-13/h1-4,8,13-14H,5H2. The summed E-state index contributed by atoms with van der Waals surface area (Å²) in [5.41, 5.74) is -0.0171. The predicted molar refractivity (Wildman–Crippen MR) is 48.4 cm³/mol. The first-order valence-corrected chi connectivity index (χ1v) is 4.27. The van der Waals surface area contributed by atoms with Gasteiger partial charge in [-0.25, -0.2) is 8.78 Å². The van der Waals surface area contributed by atoms with Gasteiger partial charge in [0.2, 0.25) is 0 Å². The molecule has 0 aromatic heterocycles. The van der Waals surface area contributed by atoms with Crippen LogP contribution in [0.25, 0.3) is 0 Å². The average Bonchev–Trinajstić information content (AvgIpc) is 2.16. The monoisotopic (exact) mass is 222 g/mol. The van der Waals surface area contributed by atoms with Crippen molar-refractivity contribution in [1.29, 1.82) is 0 Å². The summed E-state index contributed by atoms with van der Waals surface area (Å²) in [5, 5.41) is 17.8. The quantitative estimate of drug-likeness (QED) is 0.821. The van der Waals surface area contributed by atoms with Crippen LogP contribution >= 0.6 is 11.6 Å². The normalized spacial score (nSPS) is 14.1. The number of halogens is 3. The molecule has 2 N–H and O–H groups in total. The lowest BCUT2D eigenvalue weighted by molar-refractivity contribution is -0.138. The van der Waals surface area contributed by atoms with Crippen LogP contribution in [-0.2, 0) is 0 Å². The van der Waals surface area contributed by atoms with Crippen molar-refractivity contribution < 1.29 is 19.0 Å². The molecule has 0 aliphatic rings. The van der Waals surface area contributed by atoms with E-state index in [1.807, 2.05) is 0 Å². The Kier molecular flexibility index (Phi) is 3.42. The zero-order valence-electron chi connectivity index (χ0n) is 7.12. The van der Waals surface area contributed by atoms with Crippen molar-refractivity contribution in [2.75, 3.05) is 6.61 Å². The fraction of sp³-hybridized carbons (Fsp3) is 0.333. The molecule has 1 aromatic rings. The number of aliphatic hydroxyl groups excluding tert-OH is 2. The number of benzene rings is 1. The molecule has 0 heterocycles. The molecule has 1 atom stereocenters. The number of hydrogen-bond acceptors (Lipinski definition) is 2. The van der Waals surface area contributed by atoms with Gasteiger partial charge in [-0.05, 0) is 17.7 Å². The van der Waals surface area contributed by atoms with E-state index >= 15 is 0 Å². The maximum absolute atomic E-state index is 12.8. The summed E-state index contributed by atoms with van der Waals surface area (Å²) in [4.78, 5) is 0. The van der Waals surface area contributed by atoms with Gasteiger partial charge < -0.3 is 10.2 Å². The third-order valence-electron chi connectivity index (χ3n) is 1.78. The molecule has 0 saturated heterocycles. The number of aliphatic hydroxyl groups is 2. The van der Waals surface area contributed by atoms with Crippen molar-refractivity contribution in [3.05, 3.63) is 34.9 Å². The van der Waals surface area contributed by atoms with Crippen LogP contribution in [0.5, 0.6) is 0 Å². The highest BCUT2D eigenvalue weighted by Crippen LogP contribution is 2.31. The molecule has 1 rings (SSSR count). The number of alkyl halides is 2. The summed E-state index contributed by atoms with van der Waals surface area (Å²) < 4.78 is 25.6. The second-order valence-corrected chi connectivity index (χ2v) is 3.31. The first kappa shape index (κ1) is 11.4. The Balaban J connectivity index is 2.94. The molecular formula is C9H9ClF2O2. The molecule has 1 aromatic carbocycles. The molecule has 2 nitrogen and oxygen atoms in total. The van der Waals surface area contributed by atoms with Crippen molar-refractivity contribution in [3.63, 3.8) is 0 Å². The van der Waals surface area contributed by atoms with Gasteiger partial charge >= 0.3 is 0 Å². The predicted octanol–water partition coefficient (Wildman–Crippen LogP) is 2.00. The van der Waals surface area contributed by atoms with Crippen LogP contribution in [0.1, 0.15) is 11.7 Å². The molecule has 1 unspecified atom stereocenters. The Hall–Kier alpha value is -0.710. The van der Waals surface area contributed by atoms with Crippen molar-refractivity contribution in [3.8, 4) is 0 Å².